The van der Waals surface area contributed by atoms with Gasteiger partial charge in [0.25, 0.3) is 0 Å². The van der Waals surface area contributed by atoms with Crippen molar-refractivity contribution in [1.82, 2.24) is 25.4 Å². The van der Waals surface area contributed by atoms with E-state index in [9.17, 15) is 19.2 Å². The fourth-order valence-corrected chi connectivity index (χ4v) is 6.19. The normalized spacial score (nSPS) is 16.1. The maximum atomic E-state index is 15.7. The average molecular weight is 683 g/mol. The number of ketones is 1. The number of anilines is 1. The van der Waals surface area contributed by atoms with Crippen molar-refractivity contribution in [3.63, 3.8) is 0 Å². The molecule has 2 N–H and O–H groups in total. The highest BCUT2D eigenvalue weighted by molar-refractivity contribution is 6.30. The summed E-state index contributed by atoms with van der Waals surface area (Å²) in [5.41, 5.74) is 1.69. The molecule has 1 aromatic heterocycles. The first kappa shape index (κ1) is 36.7. The number of nitrogens with one attached hydrogen (secondary N) is 2. The van der Waals surface area contributed by atoms with Gasteiger partial charge in [0.2, 0.25) is 17.7 Å². The number of carbonyl (C=O) groups excluding carboxylic acids is 4. The summed E-state index contributed by atoms with van der Waals surface area (Å²) < 4.78 is 20.5. The van der Waals surface area contributed by atoms with Crippen LogP contribution in [-0.2, 0) is 20.8 Å². The lowest BCUT2D eigenvalue weighted by atomic mass is 9.80. The van der Waals surface area contributed by atoms with Crippen LogP contribution in [0, 0.1) is 11.7 Å². The Morgan fingerprint density at radius 2 is 1.65 bits per heavy atom. The standard InChI is InChI=1S/C35H44ClFN6O5/c1-6-25(22-9-12-24(36)13-10-22)26(20-30(44)33-28(7-2)40-48-41-33)34(46)38-29-14-11-23(19-27(29)37)21(4)32(39-31(45)8-3)35(47)43-17-15-42(5)16-18-43/h9-14,19,21,25-26,32H,6-8,15-18,20H2,1-5H3,(H,38,46)(H,39,45)/t21-,25?,26?,32+/m0/s1. The molecule has 2 aromatic carbocycles. The van der Waals surface area contributed by atoms with E-state index in [0.717, 1.165) is 18.7 Å². The van der Waals surface area contributed by atoms with E-state index in [1.165, 1.54) is 12.1 Å². The Balaban J connectivity index is 1.59. The molecular weight excluding hydrogens is 639 g/mol. The van der Waals surface area contributed by atoms with Gasteiger partial charge in [-0.1, -0.05) is 62.7 Å². The number of benzene rings is 2. The van der Waals surface area contributed by atoms with Crippen molar-refractivity contribution < 1.29 is 28.2 Å². The van der Waals surface area contributed by atoms with Crippen LogP contribution in [0.15, 0.2) is 47.1 Å². The van der Waals surface area contributed by atoms with Crippen LogP contribution >= 0.6 is 11.6 Å². The first-order valence-corrected chi connectivity index (χ1v) is 16.8. The third kappa shape index (κ3) is 8.84. The Labute approximate surface area is 285 Å². The third-order valence-electron chi connectivity index (χ3n) is 9.12. The van der Waals surface area contributed by atoms with E-state index in [2.05, 4.69) is 25.8 Å². The summed E-state index contributed by atoms with van der Waals surface area (Å²) in [6, 6.07) is 10.5. The summed E-state index contributed by atoms with van der Waals surface area (Å²) in [7, 11) is 1.99. The zero-order chi connectivity index (χ0) is 35.0. The van der Waals surface area contributed by atoms with Gasteiger partial charge in [0, 0.05) is 50.0 Å². The summed E-state index contributed by atoms with van der Waals surface area (Å²) in [6.07, 6.45) is 0.924. The molecule has 1 fully saturated rings. The molecule has 0 saturated carbocycles. The van der Waals surface area contributed by atoms with E-state index in [4.69, 9.17) is 16.2 Å². The minimum absolute atomic E-state index is 0.0709. The first-order chi connectivity index (χ1) is 23.0. The fraction of sp³-hybridized carbons (Fsp3) is 0.486. The zero-order valence-corrected chi connectivity index (χ0v) is 28.8. The van der Waals surface area contributed by atoms with E-state index in [-0.39, 0.29) is 36.0 Å². The number of hydrogen-bond donors (Lipinski definition) is 2. The smallest absolute Gasteiger partial charge is 0.245 e. The van der Waals surface area contributed by atoms with Crippen LogP contribution < -0.4 is 10.6 Å². The molecule has 4 rings (SSSR count). The van der Waals surface area contributed by atoms with Crippen molar-refractivity contribution in [3.8, 4) is 0 Å². The average Bonchev–Trinajstić information content (AvgIpc) is 3.57. The number of aromatic nitrogens is 2. The van der Waals surface area contributed by atoms with Crippen molar-refractivity contribution in [2.75, 3.05) is 38.5 Å². The lowest BCUT2D eigenvalue weighted by Crippen LogP contribution is -2.55. The van der Waals surface area contributed by atoms with Gasteiger partial charge in [-0.15, -0.1) is 0 Å². The molecule has 3 aromatic rings. The molecule has 13 heteroatoms. The fourth-order valence-electron chi connectivity index (χ4n) is 6.06. The number of nitrogens with zero attached hydrogens (tertiary/aromatic N) is 4. The highest BCUT2D eigenvalue weighted by atomic mass is 35.5. The molecule has 48 heavy (non-hydrogen) atoms. The van der Waals surface area contributed by atoms with Gasteiger partial charge in [-0.3, -0.25) is 19.2 Å². The predicted molar refractivity (Wildman–Crippen MR) is 180 cm³/mol. The van der Waals surface area contributed by atoms with Crippen molar-refractivity contribution in [3.05, 3.63) is 75.8 Å². The van der Waals surface area contributed by atoms with Crippen LogP contribution in [0.2, 0.25) is 5.02 Å². The third-order valence-corrected chi connectivity index (χ3v) is 9.37. The Hall–Kier alpha value is -4.16. The Morgan fingerprint density at radius 3 is 2.25 bits per heavy atom. The molecule has 4 atom stereocenters. The van der Waals surface area contributed by atoms with Gasteiger partial charge in [0.15, 0.2) is 11.5 Å². The largest absolute Gasteiger partial charge is 0.344 e. The van der Waals surface area contributed by atoms with Gasteiger partial charge in [0.1, 0.15) is 17.6 Å². The number of hydrogen-bond acceptors (Lipinski definition) is 8. The second-order valence-corrected chi connectivity index (χ2v) is 12.7. The molecule has 11 nitrogen and oxygen atoms in total. The lowest BCUT2D eigenvalue weighted by molar-refractivity contribution is -0.138. The second kappa shape index (κ2) is 16.8. The topological polar surface area (TPSA) is 138 Å². The highest BCUT2D eigenvalue weighted by Gasteiger charge is 2.35. The number of likely N-dealkylation sites (N-methyl/N-ethyl adjacent to an activating group) is 1. The number of amides is 3. The van der Waals surface area contributed by atoms with Gasteiger partial charge < -0.3 is 20.4 Å². The summed E-state index contributed by atoms with van der Waals surface area (Å²) in [5.74, 6) is -4.01. The predicted octanol–water partition coefficient (Wildman–Crippen LogP) is 5.22. The monoisotopic (exact) mass is 682 g/mol. The van der Waals surface area contributed by atoms with Gasteiger partial charge in [0.05, 0.1) is 11.6 Å². The molecule has 0 spiro atoms. The minimum Gasteiger partial charge on any atom is -0.344 e. The van der Waals surface area contributed by atoms with Crippen LogP contribution in [0.5, 0.6) is 0 Å². The van der Waals surface area contributed by atoms with E-state index >= 15 is 4.39 Å². The maximum Gasteiger partial charge on any atom is 0.245 e. The van der Waals surface area contributed by atoms with Crippen molar-refractivity contribution in [2.45, 2.75) is 71.3 Å². The number of carbonyl (C=O) groups is 4. The molecule has 1 aliphatic heterocycles. The Kier molecular flexibility index (Phi) is 12.8. The maximum absolute atomic E-state index is 15.7. The summed E-state index contributed by atoms with van der Waals surface area (Å²) >= 11 is 6.12. The van der Waals surface area contributed by atoms with Crippen LogP contribution in [-0.4, -0.2) is 82.9 Å². The van der Waals surface area contributed by atoms with Crippen LogP contribution in [0.4, 0.5) is 10.1 Å². The molecule has 0 aliphatic carbocycles. The van der Waals surface area contributed by atoms with E-state index in [0.29, 0.717) is 42.2 Å². The SMILES string of the molecule is CCC(=O)N[C@@H](C(=O)N1CCN(C)CC1)[C@@H](C)c1ccc(NC(=O)C(CC(=O)c2nonc2CC)C(CC)c2ccc(Cl)cc2)c(F)c1. The van der Waals surface area contributed by atoms with E-state index in [1.807, 2.05) is 33.0 Å². The lowest BCUT2D eigenvalue weighted by Gasteiger charge is -2.36. The number of rotatable bonds is 14. The van der Waals surface area contributed by atoms with Gasteiger partial charge in [-0.05, 0) is 66.4 Å². The molecule has 2 heterocycles. The second-order valence-electron chi connectivity index (χ2n) is 12.3. The molecule has 2 unspecified atom stereocenters. The number of piperazine rings is 1. The molecule has 0 bridgehead atoms. The van der Waals surface area contributed by atoms with Crippen molar-refractivity contribution in [1.29, 1.82) is 0 Å². The van der Waals surface area contributed by atoms with Crippen molar-refractivity contribution >= 4 is 40.8 Å². The number of halogens is 2. The molecule has 1 saturated heterocycles. The zero-order valence-electron chi connectivity index (χ0n) is 28.1. The summed E-state index contributed by atoms with van der Waals surface area (Å²) in [6.45, 7) is 9.70. The summed E-state index contributed by atoms with van der Waals surface area (Å²) in [4.78, 5) is 57.2. The molecule has 1 aliphatic rings. The van der Waals surface area contributed by atoms with Gasteiger partial charge in [-0.2, -0.15) is 0 Å². The van der Waals surface area contributed by atoms with E-state index < -0.39 is 41.3 Å². The van der Waals surface area contributed by atoms with Crippen LogP contribution in [0.25, 0.3) is 0 Å². The molecule has 258 valence electrons. The van der Waals surface area contributed by atoms with E-state index in [1.54, 1.807) is 36.9 Å². The molecule has 3 amide bonds. The Morgan fingerprint density at radius 1 is 0.979 bits per heavy atom. The quantitative estimate of drug-likeness (QED) is 0.221. The van der Waals surface area contributed by atoms with Crippen molar-refractivity contribution in [2.24, 2.45) is 5.92 Å². The van der Waals surface area contributed by atoms with Gasteiger partial charge in [-0.25, -0.2) is 9.02 Å². The van der Waals surface area contributed by atoms with Gasteiger partial charge >= 0.3 is 0 Å². The number of Topliss-reactive ketones (excluding diaryl/α,β-unsaturated/α-hetero) is 1. The first-order valence-electron chi connectivity index (χ1n) is 16.4. The van der Waals surface area contributed by atoms with Crippen LogP contribution in [0.3, 0.4) is 0 Å². The Bertz CT molecular complexity index is 1590. The number of aryl methyl sites for hydroxylation is 1. The highest BCUT2D eigenvalue weighted by Crippen LogP contribution is 2.34. The molecular formula is C35H44ClFN6O5. The van der Waals surface area contributed by atoms with Crippen LogP contribution in [0.1, 0.15) is 86.1 Å². The minimum atomic E-state index is -0.891. The molecule has 0 radical (unpaired) electrons. The summed E-state index contributed by atoms with van der Waals surface area (Å²) in [5, 5.41) is 13.6.